The molecule has 1 aromatic carbocycles. The van der Waals surface area contributed by atoms with Crippen LogP contribution in [0.3, 0.4) is 0 Å². The lowest BCUT2D eigenvalue weighted by Gasteiger charge is -2.05. The van der Waals surface area contributed by atoms with E-state index in [1.54, 1.807) is 12.5 Å². The molecule has 5 heteroatoms. The Balaban J connectivity index is 1.95. The van der Waals surface area contributed by atoms with Crippen LogP contribution < -0.4 is 11.1 Å². The van der Waals surface area contributed by atoms with Crippen molar-refractivity contribution in [3.05, 3.63) is 48.0 Å². The number of benzene rings is 1. The monoisotopic (exact) mass is 286 g/mol. The summed E-state index contributed by atoms with van der Waals surface area (Å²) in [4.78, 5) is 16.2. The van der Waals surface area contributed by atoms with Gasteiger partial charge >= 0.3 is 0 Å². The fourth-order valence-electron chi connectivity index (χ4n) is 2.08. The van der Waals surface area contributed by atoms with Gasteiger partial charge in [-0.3, -0.25) is 4.79 Å². The molecule has 0 atom stereocenters. The average Bonchev–Trinajstić information content (AvgIpc) is 2.96. The summed E-state index contributed by atoms with van der Waals surface area (Å²) in [6, 6.07) is 7.97. The summed E-state index contributed by atoms with van der Waals surface area (Å²) in [6.45, 7) is 3.36. The lowest BCUT2D eigenvalue weighted by molar-refractivity contribution is 0.102. The number of nitrogens with one attached hydrogen (secondary N) is 1. The van der Waals surface area contributed by atoms with Gasteiger partial charge in [0.05, 0.1) is 6.33 Å². The van der Waals surface area contributed by atoms with E-state index in [0.717, 1.165) is 12.1 Å². The summed E-state index contributed by atoms with van der Waals surface area (Å²) < 4.78 is 1.81. The maximum atomic E-state index is 12.1. The number of rotatable bonds is 7. The normalized spacial score (nSPS) is 10.6. The van der Waals surface area contributed by atoms with Gasteiger partial charge in [0.2, 0.25) is 0 Å². The summed E-state index contributed by atoms with van der Waals surface area (Å²) in [6.07, 6.45) is 6.77. The second-order valence-corrected chi connectivity index (χ2v) is 5.04. The van der Waals surface area contributed by atoms with Gasteiger partial charge in [-0.25, -0.2) is 4.98 Å². The van der Waals surface area contributed by atoms with E-state index in [2.05, 4.69) is 29.4 Å². The first-order chi connectivity index (χ1) is 10.2. The smallest absolute Gasteiger partial charge is 0.275 e. The zero-order chi connectivity index (χ0) is 15.1. The largest absolute Gasteiger partial charge is 0.335 e. The number of nitrogens with zero attached hydrogens (tertiary/aromatic N) is 2. The Morgan fingerprint density at radius 1 is 1.33 bits per heavy atom. The molecule has 2 rings (SSSR count). The van der Waals surface area contributed by atoms with E-state index in [4.69, 9.17) is 5.73 Å². The highest BCUT2D eigenvalue weighted by molar-refractivity contribution is 6.02. The SMILES string of the molecule is CCCCc1ccc(NC(=O)c2cn(CCN)cn2)cc1. The number of carbonyl (C=O) groups excluding carboxylic acids is 1. The highest BCUT2D eigenvalue weighted by Gasteiger charge is 2.09. The molecule has 0 spiro atoms. The molecule has 21 heavy (non-hydrogen) atoms. The van der Waals surface area contributed by atoms with Gasteiger partial charge in [-0.05, 0) is 30.5 Å². The summed E-state index contributed by atoms with van der Waals surface area (Å²) >= 11 is 0. The molecule has 0 bridgehead atoms. The standard InChI is InChI=1S/C16H22N4O/c1-2-3-4-13-5-7-14(8-6-13)19-16(21)15-11-20(10-9-17)12-18-15/h5-8,11-12H,2-4,9-10,17H2,1H3,(H,19,21). The number of aromatic nitrogens is 2. The fraction of sp³-hybridized carbons (Fsp3) is 0.375. The van der Waals surface area contributed by atoms with Gasteiger partial charge in [-0.2, -0.15) is 0 Å². The van der Waals surface area contributed by atoms with Crippen molar-refractivity contribution < 1.29 is 4.79 Å². The van der Waals surface area contributed by atoms with Crippen LogP contribution in [0, 0.1) is 0 Å². The van der Waals surface area contributed by atoms with Crippen LogP contribution in [-0.2, 0) is 13.0 Å². The zero-order valence-electron chi connectivity index (χ0n) is 12.4. The van der Waals surface area contributed by atoms with Gasteiger partial charge in [0.1, 0.15) is 5.69 Å². The van der Waals surface area contributed by atoms with Gasteiger partial charge in [-0.15, -0.1) is 0 Å². The molecule has 0 aliphatic rings. The van der Waals surface area contributed by atoms with Crippen molar-refractivity contribution in [2.24, 2.45) is 5.73 Å². The molecule has 0 unspecified atom stereocenters. The molecule has 0 fully saturated rings. The number of carbonyl (C=O) groups is 1. The number of unbranched alkanes of at least 4 members (excludes halogenated alkanes) is 1. The van der Waals surface area contributed by atoms with Crippen molar-refractivity contribution in [3.8, 4) is 0 Å². The molecular formula is C16H22N4O. The summed E-state index contributed by atoms with van der Waals surface area (Å²) in [5, 5.41) is 2.85. The van der Waals surface area contributed by atoms with E-state index >= 15 is 0 Å². The predicted molar refractivity (Wildman–Crippen MR) is 84.3 cm³/mol. The quantitative estimate of drug-likeness (QED) is 0.821. The van der Waals surface area contributed by atoms with Crippen molar-refractivity contribution >= 4 is 11.6 Å². The molecule has 1 aromatic heterocycles. The molecule has 3 N–H and O–H groups in total. The Labute approximate surface area is 125 Å². The molecule has 0 aliphatic carbocycles. The Bertz CT molecular complexity index is 574. The maximum Gasteiger partial charge on any atom is 0.275 e. The Kier molecular flexibility index (Phi) is 5.51. The number of hydrogen-bond acceptors (Lipinski definition) is 3. The van der Waals surface area contributed by atoms with E-state index < -0.39 is 0 Å². The molecule has 5 nitrogen and oxygen atoms in total. The number of nitrogens with two attached hydrogens (primary N) is 1. The van der Waals surface area contributed by atoms with E-state index in [0.29, 0.717) is 18.8 Å². The molecular weight excluding hydrogens is 264 g/mol. The van der Waals surface area contributed by atoms with Gasteiger partial charge in [0.25, 0.3) is 5.91 Å². The summed E-state index contributed by atoms with van der Waals surface area (Å²) in [5.74, 6) is -0.202. The highest BCUT2D eigenvalue weighted by atomic mass is 16.1. The van der Waals surface area contributed by atoms with Crippen LogP contribution in [0.2, 0.25) is 0 Å². The average molecular weight is 286 g/mol. The van der Waals surface area contributed by atoms with Crippen LogP contribution in [0.15, 0.2) is 36.8 Å². The molecule has 112 valence electrons. The van der Waals surface area contributed by atoms with Gasteiger partial charge in [0.15, 0.2) is 0 Å². The van der Waals surface area contributed by atoms with Crippen molar-refractivity contribution in [1.29, 1.82) is 0 Å². The fourth-order valence-corrected chi connectivity index (χ4v) is 2.08. The minimum absolute atomic E-state index is 0.202. The first-order valence-corrected chi connectivity index (χ1v) is 7.35. The number of imidazole rings is 1. The second-order valence-electron chi connectivity index (χ2n) is 5.04. The minimum Gasteiger partial charge on any atom is -0.335 e. The predicted octanol–water partition coefficient (Wildman–Crippen LogP) is 2.44. The number of anilines is 1. The molecule has 0 aliphatic heterocycles. The topological polar surface area (TPSA) is 72.9 Å². The van der Waals surface area contributed by atoms with Gasteiger partial charge in [0, 0.05) is 25.0 Å². The number of hydrogen-bond donors (Lipinski definition) is 2. The lowest BCUT2D eigenvalue weighted by Crippen LogP contribution is -2.12. The summed E-state index contributed by atoms with van der Waals surface area (Å²) in [5.41, 5.74) is 7.95. The third kappa shape index (κ3) is 4.43. The molecule has 2 aromatic rings. The van der Waals surface area contributed by atoms with Crippen LogP contribution in [0.25, 0.3) is 0 Å². The Hall–Kier alpha value is -2.14. The molecule has 0 saturated carbocycles. The van der Waals surface area contributed by atoms with E-state index in [1.807, 2.05) is 16.7 Å². The zero-order valence-corrected chi connectivity index (χ0v) is 12.4. The second kappa shape index (κ2) is 7.59. The van der Waals surface area contributed by atoms with E-state index in [-0.39, 0.29) is 5.91 Å². The molecule has 1 amide bonds. The van der Waals surface area contributed by atoms with Crippen molar-refractivity contribution in [1.82, 2.24) is 9.55 Å². The Morgan fingerprint density at radius 3 is 2.76 bits per heavy atom. The van der Waals surface area contributed by atoms with Crippen LogP contribution in [0.4, 0.5) is 5.69 Å². The first-order valence-electron chi connectivity index (χ1n) is 7.35. The third-order valence-electron chi connectivity index (χ3n) is 3.28. The highest BCUT2D eigenvalue weighted by Crippen LogP contribution is 2.12. The molecule has 0 radical (unpaired) electrons. The van der Waals surface area contributed by atoms with Gasteiger partial charge < -0.3 is 15.6 Å². The van der Waals surface area contributed by atoms with Crippen LogP contribution in [0.1, 0.15) is 35.8 Å². The molecule has 1 heterocycles. The van der Waals surface area contributed by atoms with Crippen molar-refractivity contribution in [2.75, 3.05) is 11.9 Å². The Morgan fingerprint density at radius 2 is 2.10 bits per heavy atom. The number of amides is 1. The van der Waals surface area contributed by atoms with Crippen LogP contribution in [-0.4, -0.2) is 22.0 Å². The minimum atomic E-state index is -0.202. The molecule has 0 saturated heterocycles. The van der Waals surface area contributed by atoms with Crippen LogP contribution >= 0.6 is 0 Å². The van der Waals surface area contributed by atoms with Crippen molar-refractivity contribution in [3.63, 3.8) is 0 Å². The maximum absolute atomic E-state index is 12.1. The van der Waals surface area contributed by atoms with Crippen molar-refractivity contribution in [2.45, 2.75) is 32.7 Å². The first kappa shape index (κ1) is 15.3. The van der Waals surface area contributed by atoms with Crippen LogP contribution in [0.5, 0.6) is 0 Å². The van der Waals surface area contributed by atoms with E-state index in [1.165, 1.54) is 18.4 Å². The van der Waals surface area contributed by atoms with E-state index in [9.17, 15) is 4.79 Å². The summed E-state index contributed by atoms with van der Waals surface area (Å²) in [7, 11) is 0. The lowest BCUT2D eigenvalue weighted by atomic mass is 10.1. The number of aryl methyl sites for hydroxylation is 1. The third-order valence-corrected chi connectivity index (χ3v) is 3.28. The van der Waals surface area contributed by atoms with Gasteiger partial charge in [-0.1, -0.05) is 25.5 Å².